The molecule has 0 bridgehead atoms. The molecule has 1 saturated heterocycles. The van der Waals surface area contributed by atoms with Gasteiger partial charge in [-0.25, -0.2) is 9.59 Å². The van der Waals surface area contributed by atoms with Crippen molar-refractivity contribution in [2.24, 2.45) is 0 Å². The van der Waals surface area contributed by atoms with Gasteiger partial charge in [-0.3, -0.25) is 4.79 Å². The van der Waals surface area contributed by atoms with Crippen LogP contribution in [0.4, 0.5) is 10.5 Å². The molecule has 2 heterocycles. The van der Waals surface area contributed by atoms with E-state index in [1.807, 2.05) is 19.9 Å². The number of benzene rings is 2. The predicted molar refractivity (Wildman–Crippen MR) is 180 cm³/mol. The SMILES string of the molecule is CO[C@@H]1[C@@H](O)[C@@H](OC(=O)NC2CCCC2)[C@H](Oc2ccc3c(O)c(NC(=O)c4ccc(O)c(CC=C(C)C)c4)c(=O)oc3c2C)OC1(C)C. The molecule has 2 amide bonds. The zero-order valence-corrected chi connectivity index (χ0v) is 28.5. The molecule has 1 aliphatic carbocycles. The molecule has 0 spiro atoms. The number of allylic oxidation sites excluding steroid dienone is 2. The zero-order valence-electron chi connectivity index (χ0n) is 28.5. The number of carbonyl (C=O) groups excluding carboxylic acids is 2. The average Bonchev–Trinajstić information content (AvgIpc) is 3.55. The molecule has 13 nitrogen and oxygen atoms in total. The van der Waals surface area contributed by atoms with Crippen molar-refractivity contribution < 1.29 is 48.3 Å². The number of carbonyl (C=O) groups is 2. The summed E-state index contributed by atoms with van der Waals surface area (Å²) in [4.78, 5) is 39.1. The molecule has 264 valence electrons. The topological polar surface area (TPSA) is 186 Å². The number of nitrogens with one attached hydrogen (secondary N) is 2. The first kappa shape index (κ1) is 35.7. The number of rotatable bonds is 9. The quantitative estimate of drug-likeness (QED) is 0.148. The van der Waals surface area contributed by atoms with Crippen molar-refractivity contribution in [3.05, 3.63) is 69.1 Å². The Hall–Kier alpha value is -4.59. The van der Waals surface area contributed by atoms with Gasteiger partial charge in [0.15, 0.2) is 17.5 Å². The monoisotopic (exact) mass is 680 g/mol. The fourth-order valence-corrected chi connectivity index (χ4v) is 6.33. The van der Waals surface area contributed by atoms with Crippen LogP contribution in [-0.4, -0.2) is 70.7 Å². The summed E-state index contributed by atoms with van der Waals surface area (Å²) in [5.41, 5.74) is -0.539. The van der Waals surface area contributed by atoms with E-state index in [1.54, 1.807) is 20.8 Å². The van der Waals surface area contributed by atoms with Crippen LogP contribution in [0.25, 0.3) is 11.0 Å². The van der Waals surface area contributed by atoms with Crippen molar-refractivity contribution in [3.8, 4) is 17.2 Å². The summed E-state index contributed by atoms with van der Waals surface area (Å²) >= 11 is 0. The molecule has 1 aliphatic heterocycles. The van der Waals surface area contributed by atoms with Gasteiger partial charge < -0.3 is 49.3 Å². The lowest BCUT2D eigenvalue weighted by Gasteiger charge is -2.47. The highest BCUT2D eigenvalue weighted by molar-refractivity contribution is 6.06. The van der Waals surface area contributed by atoms with E-state index < -0.39 is 59.3 Å². The third-order valence-corrected chi connectivity index (χ3v) is 8.99. The van der Waals surface area contributed by atoms with Crippen molar-refractivity contribution in [2.45, 2.75) is 103 Å². The zero-order chi connectivity index (χ0) is 35.6. The van der Waals surface area contributed by atoms with Crippen molar-refractivity contribution >= 4 is 28.7 Å². The Bertz CT molecular complexity index is 1800. The van der Waals surface area contributed by atoms with Gasteiger partial charge in [0.2, 0.25) is 6.29 Å². The van der Waals surface area contributed by atoms with Gasteiger partial charge >= 0.3 is 11.7 Å². The number of aromatic hydroxyl groups is 2. The number of anilines is 1. The van der Waals surface area contributed by atoms with Gasteiger partial charge in [-0.1, -0.05) is 24.5 Å². The molecule has 0 unspecified atom stereocenters. The van der Waals surface area contributed by atoms with Crippen LogP contribution >= 0.6 is 0 Å². The first-order valence-corrected chi connectivity index (χ1v) is 16.3. The van der Waals surface area contributed by atoms with E-state index in [0.717, 1.165) is 31.3 Å². The molecular weight excluding hydrogens is 636 g/mol. The minimum absolute atomic E-state index is 0.0199. The highest BCUT2D eigenvalue weighted by atomic mass is 16.7. The number of amides is 2. The van der Waals surface area contributed by atoms with E-state index in [-0.39, 0.29) is 34.1 Å². The number of ether oxygens (including phenoxy) is 4. The molecule has 0 radical (unpaired) electrons. The molecule has 5 rings (SSSR count). The highest BCUT2D eigenvalue weighted by Gasteiger charge is 2.53. The van der Waals surface area contributed by atoms with Gasteiger partial charge in [-0.05, 0) is 89.8 Å². The van der Waals surface area contributed by atoms with Crippen LogP contribution in [0.1, 0.15) is 74.9 Å². The minimum atomic E-state index is -1.32. The number of aliphatic hydroxyl groups excluding tert-OH is 1. The fourth-order valence-electron chi connectivity index (χ4n) is 6.33. The van der Waals surface area contributed by atoms with E-state index in [1.165, 1.54) is 37.4 Å². The molecule has 4 atom stereocenters. The molecule has 2 aromatic carbocycles. The third-order valence-electron chi connectivity index (χ3n) is 8.99. The number of phenolic OH excluding ortho intramolecular Hbond substituents is 1. The first-order valence-electron chi connectivity index (χ1n) is 16.3. The second-order valence-corrected chi connectivity index (χ2v) is 13.3. The summed E-state index contributed by atoms with van der Waals surface area (Å²) < 4.78 is 29.1. The molecule has 1 saturated carbocycles. The van der Waals surface area contributed by atoms with Crippen LogP contribution in [-0.2, 0) is 20.6 Å². The summed E-state index contributed by atoms with van der Waals surface area (Å²) in [6, 6.07) is 7.21. The van der Waals surface area contributed by atoms with Crippen LogP contribution in [0.3, 0.4) is 0 Å². The first-order chi connectivity index (χ1) is 23.2. The van der Waals surface area contributed by atoms with Gasteiger partial charge in [-0.15, -0.1) is 0 Å². The maximum Gasteiger partial charge on any atom is 0.407 e. The van der Waals surface area contributed by atoms with Crippen molar-refractivity contribution in [1.29, 1.82) is 0 Å². The third kappa shape index (κ3) is 7.69. The van der Waals surface area contributed by atoms with Gasteiger partial charge in [0.1, 0.15) is 29.3 Å². The van der Waals surface area contributed by atoms with Crippen molar-refractivity contribution in [1.82, 2.24) is 5.32 Å². The van der Waals surface area contributed by atoms with Crippen molar-refractivity contribution in [3.63, 3.8) is 0 Å². The van der Waals surface area contributed by atoms with E-state index >= 15 is 0 Å². The van der Waals surface area contributed by atoms with Gasteiger partial charge in [-0.2, -0.15) is 0 Å². The molecule has 49 heavy (non-hydrogen) atoms. The predicted octanol–water partition coefficient (Wildman–Crippen LogP) is 5.20. The second kappa shape index (κ2) is 14.5. The van der Waals surface area contributed by atoms with Crippen LogP contribution in [0, 0.1) is 6.92 Å². The molecule has 13 heteroatoms. The number of aliphatic hydroxyl groups is 1. The summed E-state index contributed by atoms with van der Waals surface area (Å²) in [5.74, 6) is -1.02. The fraction of sp³-hybridized carbons (Fsp3) is 0.472. The number of methoxy groups -OCH3 is 1. The molecule has 5 N–H and O–H groups in total. The Balaban J connectivity index is 1.41. The Labute approximate surface area is 283 Å². The summed E-state index contributed by atoms with van der Waals surface area (Å²) in [6.07, 6.45) is 0.483. The van der Waals surface area contributed by atoms with Crippen LogP contribution in [0.2, 0.25) is 0 Å². The van der Waals surface area contributed by atoms with Crippen molar-refractivity contribution in [2.75, 3.05) is 12.4 Å². The second-order valence-electron chi connectivity index (χ2n) is 13.3. The Morgan fingerprint density at radius 2 is 1.82 bits per heavy atom. The lowest BCUT2D eigenvalue weighted by molar-refractivity contribution is -0.304. The number of phenols is 1. The lowest BCUT2D eigenvalue weighted by Crippen LogP contribution is -2.65. The lowest BCUT2D eigenvalue weighted by atomic mass is 9.89. The Kier molecular flexibility index (Phi) is 10.6. The minimum Gasteiger partial charge on any atom is -0.508 e. The Morgan fingerprint density at radius 1 is 1.10 bits per heavy atom. The summed E-state index contributed by atoms with van der Waals surface area (Å²) in [5, 5.41) is 38.0. The van der Waals surface area contributed by atoms with E-state index in [2.05, 4.69) is 10.6 Å². The number of alkyl carbamates (subject to hydrolysis) is 1. The normalized spacial score (nSPS) is 22.0. The van der Waals surface area contributed by atoms with Crippen LogP contribution in [0.5, 0.6) is 17.2 Å². The molecule has 2 aliphatic rings. The largest absolute Gasteiger partial charge is 0.508 e. The number of hydrogen-bond donors (Lipinski definition) is 5. The highest BCUT2D eigenvalue weighted by Crippen LogP contribution is 2.39. The molecule has 3 aromatic rings. The van der Waals surface area contributed by atoms with Gasteiger partial charge in [0.05, 0.1) is 11.0 Å². The van der Waals surface area contributed by atoms with E-state index in [4.69, 9.17) is 23.4 Å². The number of hydrogen-bond acceptors (Lipinski definition) is 11. The van der Waals surface area contributed by atoms with Crippen LogP contribution < -0.4 is 21.0 Å². The number of fused-ring (bicyclic) bond motifs is 1. The average molecular weight is 681 g/mol. The van der Waals surface area contributed by atoms with Gasteiger partial charge in [0.25, 0.3) is 5.91 Å². The van der Waals surface area contributed by atoms with E-state index in [0.29, 0.717) is 17.5 Å². The van der Waals surface area contributed by atoms with E-state index in [9.17, 15) is 29.7 Å². The Morgan fingerprint density at radius 3 is 2.49 bits per heavy atom. The molecule has 1 aromatic heterocycles. The van der Waals surface area contributed by atoms with Gasteiger partial charge in [0, 0.05) is 24.3 Å². The maximum absolute atomic E-state index is 13.1. The maximum atomic E-state index is 13.1. The smallest absolute Gasteiger partial charge is 0.407 e. The summed E-state index contributed by atoms with van der Waals surface area (Å²) in [6.45, 7) is 8.84. The summed E-state index contributed by atoms with van der Waals surface area (Å²) in [7, 11) is 1.42. The molecular formula is C36H44N2O11. The molecule has 2 fully saturated rings. The van der Waals surface area contributed by atoms with Crippen LogP contribution in [0.15, 0.2) is 51.2 Å². The number of aryl methyl sites for hydroxylation is 1. The standard InChI is InChI=1S/C36H44N2O11/c1-18(2)11-12-20-17-21(13-15-24(20)39)32(42)38-26-27(40)23-14-16-25(19(3)29(23)47-33(26)43)46-34-30(28(41)31(45-6)36(4,5)49-34)48-35(44)37-22-9-7-8-10-22/h11,13-17,22,28,30-31,34,39-41H,7-10,12H2,1-6H3,(H,37,44)(H,38,42)/t28-,30+,31+,34+/m0/s1.